The summed E-state index contributed by atoms with van der Waals surface area (Å²) >= 11 is 0. The van der Waals surface area contributed by atoms with E-state index < -0.39 is 5.41 Å². The summed E-state index contributed by atoms with van der Waals surface area (Å²) in [6.07, 6.45) is 1.59. The molecule has 22 heavy (non-hydrogen) atoms. The number of carbonyl (C=O) groups is 2. The number of amides is 2. The fourth-order valence-electron chi connectivity index (χ4n) is 2.78. The average molecular weight is 306 g/mol. The lowest BCUT2D eigenvalue weighted by Gasteiger charge is -2.30. The number of likely N-dealkylation sites (tertiary alicyclic amines) is 1. The average Bonchev–Trinajstić information content (AvgIpc) is 3.04. The quantitative estimate of drug-likeness (QED) is 0.934. The molecule has 5 nitrogen and oxygen atoms in total. The normalized spacial score (nSPS) is 20.0. The van der Waals surface area contributed by atoms with Gasteiger partial charge in [-0.25, -0.2) is 0 Å². The monoisotopic (exact) mass is 306 g/mol. The van der Waals surface area contributed by atoms with Crippen LogP contribution in [0.25, 0.3) is 0 Å². The first-order valence-electron chi connectivity index (χ1n) is 7.88. The molecule has 1 saturated heterocycles. The third-order valence-electron chi connectivity index (χ3n) is 4.00. The smallest absolute Gasteiger partial charge is 0.243 e. The van der Waals surface area contributed by atoms with Crippen molar-refractivity contribution in [1.82, 2.24) is 10.2 Å². The molecular weight excluding hydrogens is 280 g/mol. The molecule has 0 aromatic carbocycles. The standard InChI is InChI=1S/C17H26N2O3/c1-11-8-9-14(22-11)12(2)18-15(20)13-7-6-10-19(13)16(21)17(3,4)5/h8-9,12-13H,6-7,10H2,1-5H3,(H,18,20)/t12-,13-/m1/s1. The van der Waals surface area contributed by atoms with E-state index >= 15 is 0 Å². The van der Waals surface area contributed by atoms with Gasteiger partial charge in [0.15, 0.2) is 0 Å². The second-order valence-electron chi connectivity index (χ2n) is 7.09. The number of nitrogens with one attached hydrogen (secondary N) is 1. The van der Waals surface area contributed by atoms with Crippen molar-refractivity contribution in [3.63, 3.8) is 0 Å². The Kier molecular flexibility index (Phi) is 4.63. The number of aryl methyl sites for hydroxylation is 1. The Bertz CT molecular complexity index is 556. The second kappa shape index (κ2) is 6.15. The minimum atomic E-state index is -0.466. The van der Waals surface area contributed by atoms with Crippen molar-refractivity contribution >= 4 is 11.8 Å². The van der Waals surface area contributed by atoms with Crippen LogP contribution in [0, 0.1) is 12.3 Å². The Morgan fingerprint density at radius 3 is 2.59 bits per heavy atom. The van der Waals surface area contributed by atoms with Gasteiger partial charge in [-0.1, -0.05) is 20.8 Å². The summed E-state index contributed by atoms with van der Waals surface area (Å²) in [6.45, 7) is 10.1. The molecule has 122 valence electrons. The van der Waals surface area contributed by atoms with E-state index in [0.29, 0.717) is 6.54 Å². The van der Waals surface area contributed by atoms with Crippen LogP contribution in [0.3, 0.4) is 0 Å². The summed E-state index contributed by atoms with van der Waals surface area (Å²) in [5, 5.41) is 2.96. The van der Waals surface area contributed by atoms with E-state index in [1.54, 1.807) is 4.90 Å². The lowest BCUT2D eigenvalue weighted by atomic mass is 9.94. The van der Waals surface area contributed by atoms with E-state index in [1.165, 1.54) is 0 Å². The van der Waals surface area contributed by atoms with Gasteiger partial charge in [-0.3, -0.25) is 9.59 Å². The maximum atomic E-state index is 12.5. The van der Waals surface area contributed by atoms with E-state index in [1.807, 2.05) is 46.8 Å². The molecule has 0 bridgehead atoms. The number of furan rings is 1. The highest BCUT2D eigenvalue weighted by atomic mass is 16.3. The molecule has 1 fully saturated rings. The molecule has 2 rings (SSSR count). The van der Waals surface area contributed by atoms with Crippen molar-refractivity contribution < 1.29 is 14.0 Å². The van der Waals surface area contributed by atoms with Crippen LogP contribution in [0.15, 0.2) is 16.5 Å². The molecule has 1 aromatic rings. The zero-order chi connectivity index (χ0) is 16.5. The van der Waals surface area contributed by atoms with Crippen LogP contribution in [0.2, 0.25) is 0 Å². The summed E-state index contributed by atoms with van der Waals surface area (Å²) in [4.78, 5) is 26.7. The maximum Gasteiger partial charge on any atom is 0.243 e. The molecule has 1 aliphatic heterocycles. The molecule has 1 N–H and O–H groups in total. The Morgan fingerprint density at radius 1 is 1.36 bits per heavy atom. The minimum Gasteiger partial charge on any atom is -0.464 e. The largest absolute Gasteiger partial charge is 0.464 e. The van der Waals surface area contributed by atoms with Crippen LogP contribution in [0.4, 0.5) is 0 Å². The third kappa shape index (κ3) is 3.51. The molecule has 0 aliphatic carbocycles. The lowest BCUT2D eigenvalue weighted by molar-refractivity contribution is -0.144. The predicted octanol–water partition coefficient (Wildman–Crippen LogP) is 2.80. The summed E-state index contributed by atoms with van der Waals surface area (Å²) < 4.78 is 5.54. The predicted molar refractivity (Wildman–Crippen MR) is 84.2 cm³/mol. The van der Waals surface area contributed by atoms with Crippen LogP contribution in [0.1, 0.15) is 58.1 Å². The molecule has 0 spiro atoms. The molecule has 2 atom stereocenters. The second-order valence-corrected chi connectivity index (χ2v) is 7.09. The van der Waals surface area contributed by atoms with Crippen molar-refractivity contribution in [2.75, 3.05) is 6.54 Å². The minimum absolute atomic E-state index is 0.0339. The van der Waals surface area contributed by atoms with E-state index in [0.717, 1.165) is 24.4 Å². The number of hydrogen-bond acceptors (Lipinski definition) is 3. The van der Waals surface area contributed by atoms with E-state index in [-0.39, 0.29) is 23.9 Å². The summed E-state index contributed by atoms with van der Waals surface area (Å²) in [6, 6.07) is 3.18. The van der Waals surface area contributed by atoms with Gasteiger partial charge in [-0.2, -0.15) is 0 Å². The number of hydrogen-bond donors (Lipinski definition) is 1. The molecule has 1 aliphatic rings. The topological polar surface area (TPSA) is 62.6 Å². The molecule has 0 radical (unpaired) electrons. The number of nitrogens with zero attached hydrogens (tertiary/aromatic N) is 1. The van der Waals surface area contributed by atoms with Gasteiger partial charge in [0.2, 0.25) is 11.8 Å². The molecule has 5 heteroatoms. The zero-order valence-corrected chi connectivity index (χ0v) is 14.1. The summed E-state index contributed by atoms with van der Waals surface area (Å²) in [7, 11) is 0. The van der Waals surface area contributed by atoms with Crippen LogP contribution in [0.5, 0.6) is 0 Å². The highest BCUT2D eigenvalue weighted by Gasteiger charge is 2.38. The number of rotatable bonds is 3. The summed E-state index contributed by atoms with van der Waals surface area (Å²) in [5.41, 5.74) is -0.466. The van der Waals surface area contributed by atoms with Crippen molar-refractivity contribution in [1.29, 1.82) is 0 Å². The Morgan fingerprint density at radius 2 is 2.05 bits per heavy atom. The first-order chi connectivity index (χ1) is 10.2. The van der Waals surface area contributed by atoms with Crippen LogP contribution >= 0.6 is 0 Å². The van der Waals surface area contributed by atoms with E-state index in [9.17, 15) is 9.59 Å². The highest BCUT2D eigenvalue weighted by Crippen LogP contribution is 2.26. The number of carbonyl (C=O) groups excluding carboxylic acids is 2. The Labute approximate surface area is 132 Å². The fraction of sp³-hybridized carbons (Fsp3) is 0.647. The van der Waals surface area contributed by atoms with Gasteiger partial charge in [0.1, 0.15) is 17.6 Å². The van der Waals surface area contributed by atoms with Gasteiger partial charge >= 0.3 is 0 Å². The molecule has 0 saturated carbocycles. The lowest BCUT2D eigenvalue weighted by Crippen LogP contribution is -2.49. The van der Waals surface area contributed by atoms with Gasteiger partial charge < -0.3 is 14.6 Å². The first kappa shape index (κ1) is 16.6. The molecule has 0 unspecified atom stereocenters. The molecule has 2 amide bonds. The third-order valence-corrected chi connectivity index (χ3v) is 4.00. The van der Waals surface area contributed by atoms with E-state index in [2.05, 4.69) is 5.32 Å². The van der Waals surface area contributed by atoms with Gasteiger partial charge in [0.05, 0.1) is 6.04 Å². The van der Waals surface area contributed by atoms with Crippen LogP contribution in [-0.4, -0.2) is 29.3 Å². The molecule has 2 heterocycles. The van der Waals surface area contributed by atoms with Crippen LogP contribution < -0.4 is 5.32 Å². The Balaban J connectivity index is 2.03. The fourth-order valence-corrected chi connectivity index (χ4v) is 2.78. The van der Waals surface area contributed by atoms with Gasteiger partial charge in [0.25, 0.3) is 0 Å². The van der Waals surface area contributed by atoms with E-state index in [4.69, 9.17) is 4.42 Å². The molecular formula is C17H26N2O3. The maximum absolute atomic E-state index is 12.5. The van der Waals surface area contributed by atoms with Crippen molar-refractivity contribution in [2.45, 2.75) is 59.5 Å². The van der Waals surface area contributed by atoms with Crippen molar-refractivity contribution in [3.05, 3.63) is 23.7 Å². The van der Waals surface area contributed by atoms with Gasteiger partial charge in [-0.15, -0.1) is 0 Å². The first-order valence-corrected chi connectivity index (χ1v) is 7.88. The summed E-state index contributed by atoms with van der Waals surface area (Å²) in [5.74, 6) is 1.49. The van der Waals surface area contributed by atoms with Gasteiger partial charge in [0, 0.05) is 12.0 Å². The van der Waals surface area contributed by atoms with Gasteiger partial charge in [-0.05, 0) is 38.8 Å². The molecule has 1 aromatic heterocycles. The van der Waals surface area contributed by atoms with Crippen LogP contribution in [-0.2, 0) is 9.59 Å². The highest BCUT2D eigenvalue weighted by molar-refractivity contribution is 5.90. The van der Waals surface area contributed by atoms with Crippen molar-refractivity contribution in [3.8, 4) is 0 Å². The SMILES string of the molecule is Cc1ccc([C@@H](C)NC(=O)[C@H]2CCCN2C(=O)C(C)(C)C)o1. The Hall–Kier alpha value is -1.78. The van der Waals surface area contributed by atoms with Crippen molar-refractivity contribution in [2.24, 2.45) is 5.41 Å². The zero-order valence-electron chi connectivity index (χ0n) is 14.1.